The van der Waals surface area contributed by atoms with Crippen molar-refractivity contribution in [1.82, 2.24) is 9.73 Å². The molecule has 0 radical (unpaired) electrons. The monoisotopic (exact) mass is 520 g/mol. The van der Waals surface area contributed by atoms with Crippen molar-refractivity contribution >= 4 is 51.0 Å². The molecular weight excluding hydrogens is 503 g/mol. The molecule has 12 heteroatoms. The van der Waals surface area contributed by atoms with Crippen LogP contribution < -0.4 is 5.43 Å². The maximum Gasteiger partial charge on any atom is 0.270 e. The summed E-state index contributed by atoms with van der Waals surface area (Å²) in [5.41, 5.74) is 2.96. The number of amides is 1. The van der Waals surface area contributed by atoms with Crippen molar-refractivity contribution in [3.05, 3.63) is 104 Å². The van der Waals surface area contributed by atoms with Gasteiger partial charge in [0.1, 0.15) is 0 Å². The van der Waals surface area contributed by atoms with Gasteiger partial charge in [-0.25, -0.2) is 13.8 Å². The Morgan fingerprint density at radius 3 is 2.47 bits per heavy atom. The molecule has 0 spiro atoms. The Labute approximate surface area is 205 Å². The van der Waals surface area contributed by atoms with E-state index in [0.29, 0.717) is 16.1 Å². The lowest BCUT2D eigenvalue weighted by Gasteiger charge is -2.22. The zero-order chi connectivity index (χ0) is 24.7. The smallest absolute Gasteiger partial charge is 0.270 e. The van der Waals surface area contributed by atoms with Gasteiger partial charge in [0.05, 0.1) is 22.6 Å². The minimum atomic E-state index is -4.06. The van der Waals surface area contributed by atoms with Crippen LogP contribution >= 0.6 is 23.2 Å². The summed E-state index contributed by atoms with van der Waals surface area (Å²) in [5, 5.41) is 15.3. The van der Waals surface area contributed by atoms with Crippen molar-refractivity contribution in [2.75, 3.05) is 6.54 Å². The quantitative estimate of drug-likeness (QED) is 0.256. The van der Waals surface area contributed by atoms with E-state index in [-0.39, 0.29) is 22.2 Å². The number of nitrogens with zero attached hydrogens (tertiary/aromatic N) is 3. The predicted octanol–water partition coefficient (Wildman–Crippen LogP) is 4.24. The van der Waals surface area contributed by atoms with Crippen molar-refractivity contribution in [3.63, 3.8) is 0 Å². The Bertz CT molecular complexity index is 1330. The fourth-order valence-electron chi connectivity index (χ4n) is 2.90. The van der Waals surface area contributed by atoms with Crippen LogP contribution in [0.4, 0.5) is 5.69 Å². The summed E-state index contributed by atoms with van der Waals surface area (Å²) in [7, 11) is -4.06. The summed E-state index contributed by atoms with van der Waals surface area (Å²) in [6, 6.07) is 17.9. The van der Waals surface area contributed by atoms with Crippen LogP contribution in [0.1, 0.15) is 11.1 Å². The maximum atomic E-state index is 13.2. The minimum absolute atomic E-state index is 0.00739. The van der Waals surface area contributed by atoms with Crippen LogP contribution in [0, 0.1) is 10.1 Å². The Morgan fingerprint density at radius 2 is 1.79 bits per heavy atom. The van der Waals surface area contributed by atoms with Crippen molar-refractivity contribution in [1.29, 1.82) is 0 Å². The first-order chi connectivity index (χ1) is 16.2. The molecule has 0 atom stereocenters. The summed E-state index contributed by atoms with van der Waals surface area (Å²) >= 11 is 12.1. The van der Waals surface area contributed by atoms with E-state index in [4.69, 9.17) is 23.2 Å². The minimum Gasteiger partial charge on any atom is -0.272 e. The van der Waals surface area contributed by atoms with E-state index in [1.165, 1.54) is 42.6 Å². The molecule has 0 saturated heterocycles. The molecule has 0 saturated carbocycles. The number of hydrogen-bond acceptors (Lipinski definition) is 6. The van der Waals surface area contributed by atoms with E-state index in [2.05, 4.69) is 10.5 Å². The van der Waals surface area contributed by atoms with Gasteiger partial charge in [-0.05, 0) is 29.8 Å². The Hall–Kier alpha value is -3.31. The van der Waals surface area contributed by atoms with E-state index in [0.717, 1.165) is 4.31 Å². The van der Waals surface area contributed by atoms with E-state index >= 15 is 0 Å². The van der Waals surface area contributed by atoms with E-state index in [9.17, 15) is 23.3 Å². The number of hydrogen-bond donors (Lipinski definition) is 1. The number of benzene rings is 3. The van der Waals surface area contributed by atoms with Gasteiger partial charge in [-0.3, -0.25) is 14.9 Å². The van der Waals surface area contributed by atoms with E-state index in [1.54, 1.807) is 36.4 Å². The molecule has 0 aliphatic heterocycles. The molecule has 0 bridgehead atoms. The number of nitro groups is 1. The number of rotatable bonds is 9. The van der Waals surface area contributed by atoms with Crippen molar-refractivity contribution in [2.24, 2.45) is 5.10 Å². The van der Waals surface area contributed by atoms with Gasteiger partial charge in [-0.1, -0.05) is 59.6 Å². The second kappa shape index (κ2) is 11.2. The molecule has 176 valence electrons. The first-order valence-electron chi connectivity index (χ1n) is 9.72. The molecule has 0 aliphatic carbocycles. The third kappa shape index (κ3) is 6.61. The average molecular weight is 521 g/mol. The zero-order valence-electron chi connectivity index (χ0n) is 17.5. The number of carbonyl (C=O) groups is 1. The van der Waals surface area contributed by atoms with Crippen LogP contribution in [-0.2, 0) is 21.4 Å². The van der Waals surface area contributed by atoms with Gasteiger partial charge in [-0.2, -0.15) is 9.41 Å². The van der Waals surface area contributed by atoms with Crippen molar-refractivity contribution in [2.45, 2.75) is 11.4 Å². The molecule has 0 fully saturated rings. The molecule has 0 unspecified atom stereocenters. The first-order valence-corrected chi connectivity index (χ1v) is 11.9. The molecule has 1 amide bonds. The van der Waals surface area contributed by atoms with Gasteiger partial charge in [0.15, 0.2) is 0 Å². The SMILES string of the molecule is O=C(CN(Cc1ccc(Cl)cc1Cl)S(=O)(=O)c1ccccc1)N/N=C\c1cccc([N+](=O)[O-])c1. The molecule has 0 aromatic heterocycles. The highest BCUT2D eigenvalue weighted by Gasteiger charge is 2.27. The van der Waals surface area contributed by atoms with Gasteiger partial charge < -0.3 is 0 Å². The number of halogens is 2. The highest BCUT2D eigenvalue weighted by Crippen LogP contribution is 2.25. The lowest BCUT2D eigenvalue weighted by Crippen LogP contribution is -2.39. The second-order valence-electron chi connectivity index (χ2n) is 6.97. The maximum absolute atomic E-state index is 13.2. The third-order valence-corrected chi connectivity index (χ3v) is 6.94. The summed E-state index contributed by atoms with van der Waals surface area (Å²) in [6.07, 6.45) is 1.22. The molecule has 0 heterocycles. The Kier molecular flexibility index (Phi) is 8.35. The summed E-state index contributed by atoms with van der Waals surface area (Å²) in [5.74, 6) is -0.716. The average Bonchev–Trinajstić information content (AvgIpc) is 2.81. The molecule has 1 N–H and O–H groups in total. The Morgan fingerprint density at radius 1 is 1.06 bits per heavy atom. The van der Waals surface area contributed by atoms with Crippen LogP contribution in [-0.4, -0.2) is 36.3 Å². The summed E-state index contributed by atoms with van der Waals surface area (Å²) in [4.78, 5) is 22.9. The van der Waals surface area contributed by atoms with Crippen LogP contribution in [0.15, 0.2) is 82.8 Å². The van der Waals surface area contributed by atoms with Gasteiger partial charge in [-0.15, -0.1) is 0 Å². The number of non-ortho nitro benzene ring substituents is 1. The normalized spacial score (nSPS) is 11.6. The zero-order valence-corrected chi connectivity index (χ0v) is 19.8. The highest BCUT2D eigenvalue weighted by molar-refractivity contribution is 7.89. The molecular formula is C22H18Cl2N4O5S. The van der Waals surface area contributed by atoms with Crippen LogP contribution in [0.25, 0.3) is 0 Å². The summed E-state index contributed by atoms with van der Waals surface area (Å²) in [6.45, 7) is -0.738. The molecule has 3 rings (SSSR count). The number of hydrazone groups is 1. The lowest BCUT2D eigenvalue weighted by molar-refractivity contribution is -0.384. The Balaban J connectivity index is 1.80. The van der Waals surface area contributed by atoms with E-state index in [1.807, 2.05) is 0 Å². The number of nitro benzene ring substituents is 1. The van der Waals surface area contributed by atoms with Gasteiger partial charge in [0.25, 0.3) is 11.6 Å². The molecule has 9 nitrogen and oxygen atoms in total. The van der Waals surface area contributed by atoms with Gasteiger partial charge in [0, 0.05) is 34.3 Å². The lowest BCUT2D eigenvalue weighted by atomic mass is 10.2. The van der Waals surface area contributed by atoms with Crippen LogP contribution in [0.5, 0.6) is 0 Å². The van der Waals surface area contributed by atoms with E-state index < -0.39 is 27.4 Å². The third-order valence-electron chi connectivity index (χ3n) is 4.55. The molecule has 0 aliphatic rings. The fourth-order valence-corrected chi connectivity index (χ4v) is 4.76. The van der Waals surface area contributed by atoms with Gasteiger partial charge in [0.2, 0.25) is 10.0 Å². The largest absolute Gasteiger partial charge is 0.272 e. The second-order valence-corrected chi connectivity index (χ2v) is 9.75. The van der Waals surface area contributed by atoms with Crippen LogP contribution in [0.3, 0.4) is 0 Å². The van der Waals surface area contributed by atoms with Crippen molar-refractivity contribution < 1.29 is 18.1 Å². The van der Waals surface area contributed by atoms with Crippen LogP contribution in [0.2, 0.25) is 10.0 Å². The molecule has 3 aromatic carbocycles. The highest BCUT2D eigenvalue weighted by atomic mass is 35.5. The molecule has 3 aromatic rings. The predicted molar refractivity (Wildman–Crippen MR) is 129 cm³/mol. The first kappa shape index (κ1) is 25.3. The van der Waals surface area contributed by atoms with Crippen molar-refractivity contribution in [3.8, 4) is 0 Å². The number of nitrogens with one attached hydrogen (secondary N) is 1. The van der Waals surface area contributed by atoms with Gasteiger partial charge >= 0.3 is 0 Å². The number of carbonyl (C=O) groups excluding carboxylic acids is 1. The standard InChI is InChI=1S/C22H18Cl2N4O5S/c23-18-10-9-17(21(24)12-18)14-27(34(32,33)20-7-2-1-3-8-20)15-22(29)26-25-13-16-5-4-6-19(11-16)28(30)31/h1-13H,14-15H2,(H,26,29)/b25-13-. The number of sulfonamides is 1. The molecule has 34 heavy (non-hydrogen) atoms. The topological polar surface area (TPSA) is 122 Å². The summed E-state index contributed by atoms with van der Waals surface area (Å²) < 4.78 is 27.4. The fraction of sp³-hybridized carbons (Fsp3) is 0.0909.